The van der Waals surface area contributed by atoms with Crippen LogP contribution in [0.5, 0.6) is 0 Å². The van der Waals surface area contributed by atoms with Gasteiger partial charge in [-0.3, -0.25) is 0 Å². The molecule has 0 aliphatic heterocycles. The first-order valence-corrected chi connectivity index (χ1v) is 5.67. The van der Waals surface area contributed by atoms with E-state index in [4.69, 9.17) is 4.74 Å². The molecule has 1 rings (SSSR count). The lowest BCUT2D eigenvalue weighted by Gasteiger charge is -2.28. The molecule has 0 saturated heterocycles. The van der Waals surface area contributed by atoms with E-state index in [-0.39, 0.29) is 0 Å². The van der Waals surface area contributed by atoms with Gasteiger partial charge in [0.2, 0.25) is 0 Å². The van der Waals surface area contributed by atoms with Gasteiger partial charge in [-0.25, -0.2) is 0 Å². The van der Waals surface area contributed by atoms with Crippen LogP contribution in [0.3, 0.4) is 0 Å². The van der Waals surface area contributed by atoms with Crippen LogP contribution < -0.4 is 0 Å². The number of hydrogen-bond acceptors (Lipinski definition) is 1. The Labute approximate surface area is 87.8 Å². The van der Waals surface area contributed by atoms with Crippen molar-refractivity contribution < 1.29 is 4.74 Å². The summed E-state index contributed by atoms with van der Waals surface area (Å²) < 4.78 is 5.27. The monoisotopic (exact) mass is 194 g/mol. The molecule has 0 unspecified atom stereocenters. The van der Waals surface area contributed by atoms with Gasteiger partial charge < -0.3 is 4.74 Å². The summed E-state index contributed by atoms with van der Waals surface area (Å²) in [5, 5.41) is 0. The van der Waals surface area contributed by atoms with E-state index in [1.165, 1.54) is 25.7 Å². The average molecular weight is 194 g/mol. The predicted molar refractivity (Wildman–Crippen MR) is 61.3 cm³/mol. The summed E-state index contributed by atoms with van der Waals surface area (Å²) in [6.07, 6.45) is 14.1. The van der Waals surface area contributed by atoms with Crippen LogP contribution in [-0.2, 0) is 4.74 Å². The van der Waals surface area contributed by atoms with Crippen molar-refractivity contribution in [1.82, 2.24) is 0 Å². The van der Waals surface area contributed by atoms with Crippen molar-refractivity contribution in [2.75, 3.05) is 13.7 Å². The summed E-state index contributed by atoms with van der Waals surface area (Å²) >= 11 is 0. The molecule has 1 fully saturated rings. The molecule has 1 aliphatic rings. The van der Waals surface area contributed by atoms with Crippen molar-refractivity contribution in [3.63, 3.8) is 0 Å². The van der Waals surface area contributed by atoms with Gasteiger partial charge in [0.05, 0.1) is 0 Å². The van der Waals surface area contributed by atoms with Crippen LogP contribution in [-0.4, -0.2) is 13.7 Å². The molecule has 14 heavy (non-hydrogen) atoms. The van der Waals surface area contributed by atoms with Gasteiger partial charge in [-0.15, -0.1) is 0 Å². The molecule has 0 radical (unpaired) electrons. The van der Waals surface area contributed by atoms with Crippen molar-refractivity contribution in [3.8, 4) is 0 Å². The van der Waals surface area contributed by atoms with E-state index in [0.29, 0.717) is 0 Å². The van der Waals surface area contributed by atoms with Gasteiger partial charge in [-0.2, -0.15) is 0 Å². The smallest absolute Gasteiger partial charge is 0.0496 e. The Kier molecular flexibility index (Phi) is 5.62. The van der Waals surface area contributed by atoms with Crippen molar-refractivity contribution in [2.45, 2.75) is 32.6 Å². The van der Waals surface area contributed by atoms with Gasteiger partial charge in [0.25, 0.3) is 0 Å². The highest BCUT2D eigenvalue weighted by Gasteiger charge is 2.22. The summed E-state index contributed by atoms with van der Waals surface area (Å²) in [6, 6.07) is 0. The van der Waals surface area contributed by atoms with E-state index in [9.17, 15) is 0 Å². The molecule has 0 aromatic rings. The van der Waals surface area contributed by atoms with Crippen molar-refractivity contribution in [3.05, 3.63) is 24.3 Å². The maximum atomic E-state index is 5.27. The second kappa shape index (κ2) is 6.83. The highest BCUT2D eigenvalue weighted by molar-refractivity contribution is 5.04. The van der Waals surface area contributed by atoms with Crippen LogP contribution in [0.15, 0.2) is 24.3 Å². The molecule has 0 amide bonds. The van der Waals surface area contributed by atoms with E-state index >= 15 is 0 Å². The van der Waals surface area contributed by atoms with Crippen molar-refractivity contribution in [2.24, 2.45) is 11.8 Å². The topological polar surface area (TPSA) is 9.23 Å². The molecule has 0 bridgehead atoms. The maximum absolute atomic E-state index is 5.27. The fourth-order valence-electron chi connectivity index (χ4n) is 2.23. The third-order valence-electron chi connectivity index (χ3n) is 3.01. The first-order valence-electron chi connectivity index (χ1n) is 5.67. The largest absolute Gasteiger partial charge is 0.384 e. The zero-order chi connectivity index (χ0) is 10.2. The predicted octanol–water partition coefficient (Wildman–Crippen LogP) is 3.57. The lowest BCUT2D eigenvalue weighted by Crippen LogP contribution is -2.21. The highest BCUT2D eigenvalue weighted by Crippen LogP contribution is 2.31. The molecule has 1 saturated carbocycles. The van der Waals surface area contributed by atoms with Crippen LogP contribution >= 0.6 is 0 Å². The molecular formula is C13H22O. The molecule has 2 atom stereocenters. The second-order valence-corrected chi connectivity index (χ2v) is 4.07. The first-order chi connectivity index (χ1) is 6.88. The quantitative estimate of drug-likeness (QED) is 0.622. The van der Waals surface area contributed by atoms with Crippen LogP contribution in [0.1, 0.15) is 32.6 Å². The van der Waals surface area contributed by atoms with Gasteiger partial charge in [-0.1, -0.05) is 37.1 Å². The normalized spacial score (nSPS) is 29.0. The molecule has 1 nitrogen and oxygen atoms in total. The van der Waals surface area contributed by atoms with Crippen LogP contribution in [0.4, 0.5) is 0 Å². The van der Waals surface area contributed by atoms with Crippen molar-refractivity contribution >= 4 is 0 Å². The Bertz CT molecular complexity index is 191. The van der Waals surface area contributed by atoms with E-state index in [1.807, 2.05) is 0 Å². The van der Waals surface area contributed by atoms with Gasteiger partial charge in [0.15, 0.2) is 0 Å². The van der Waals surface area contributed by atoms with Gasteiger partial charge in [-0.05, 0) is 31.6 Å². The van der Waals surface area contributed by atoms with Crippen LogP contribution in [0, 0.1) is 11.8 Å². The molecule has 1 heteroatoms. The van der Waals surface area contributed by atoms with Gasteiger partial charge in [0, 0.05) is 13.7 Å². The molecule has 0 heterocycles. The fourth-order valence-corrected chi connectivity index (χ4v) is 2.23. The Morgan fingerprint density at radius 3 is 2.71 bits per heavy atom. The lowest BCUT2D eigenvalue weighted by atomic mass is 9.79. The summed E-state index contributed by atoms with van der Waals surface area (Å²) in [7, 11) is 1.81. The average Bonchev–Trinajstić information content (AvgIpc) is 2.21. The van der Waals surface area contributed by atoms with Crippen molar-refractivity contribution in [1.29, 1.82) is 0 Å². The third-order valence-corrected chi connectivity index (χ3v) is 3.01. The number of allylic oxidation sites excluding steroid dienone is 4. The SMILES string of the molecule is C/C=C/C=C/[C@@H]1CCCC[C@H]1COC. The minimum atomic E-state index is 0.736. The summed E-state index contributed by atoms with van der Waals surface area (Å²) in [5.74, 6) is 1.48. The molecule has 0 spiro atoms. The fraction of sp³-hybridized carbons (Fsp3) is 0.692. The molecule has 1 aliphatic carbocycles. The second-order valence-electron chi connectivity index (χ2n) is 4.07. The van der Waals surface area contributed by atoms with Crippen LogP contribution in [0.2, 0.25) is 0 Å². The van der Waals surface area contributed by atoms with Gasteiger partial charge in [0.1, 0.15) is 0 Å². The molecule has 80 valence electrons. The zero-order valence-corrected chi connectivity index (χ0v) is 9.41. The summed E-state index contributed by atoms with van der Waals surface area (Å²) in [5.41, 5.74) is 0. The lowest BCUT2D eigenvalue weighted by molar-refractivity contribution is 0.110. The zero-order valence-electron chi connectivity index (χ0n) is 9.41. The highest BCUT2D eigenvalue weighted by atomic mass is 16.5. The molecule has 0 N–H and O–H groups in total. The number of hydrogen-bond donors (Lipinski definition) is 0. The number of rotatable bonds is 4. The summed E-state index contributed by atoms with van der Waals surface area (Å²) in [4.78, 5) is 0. The molecule has 0 aromatic carbocycles. The van der Waals surface area contributed by atoms with E-state index in [1.54, 1.807) is 7.11 Å². The first kappa shape index (κ1) is 11.5. The van der Waals surface area contributed by atoms with Gasteiger partial charge >= 0.3 is 0 Å². The van der Waals surface area contributed by atoms with E-state index in [0.717, 1.165) is 18.4 Å². The van der Waals surface area contributed by atoms with E-state index in [2.05, 4.69) is 31.2 Å². The number of ether oxygens (including phenoxy) is 1. The maximum Gasteiger partial charge on any atom is 0.0496 e. The Morgan fingerprint density at radius 2 is 2.00 bits per heavy atom. The third kappa shape index (κ3) is 3.67. The minimum Gasteiger partial charge on any atom is -0.384 e. The minimum absolute atomic E-state index is 0.736. The summed E-state index contributed by atoms with van der Waals surface area (Å²) in [6.45, 7) is 2.97. The standard InChI is InChI=1S/C13H22O/c1-3-4-5-8-12-9-6-7-10-13(12)11-14-2/h3-5,8,12-13H,6-7,9-11H2,1-2H3/b4-3+,8-5+/t12-,13+/m1/s1. The Balaban J connectivity index is 2.44. The Morgan fingerprint density at radius 1 is 1.21 bits per heavy atom. The van der Waals surface area contributed by atoms with Crippen LogP contribution in [0.25, 0.3) is 0 Å². The van der Waals surface area contributed by atoms with E-state index < -0.39 is 0 Å². The molecule has 0 aromatic heterocycles. The molecular weight excluding hydrogens is 172 g/mol. The number of methoxy groups -OCH3 is 1. The Hall–Kier alpha value is -0.560.